The van der Waals surface area contributed by atoms with Gasteiger partial charge in [-0.3, -0.25) is 9.36 Å². The van der Waals surface area contributed by atoms with Gasteiger partial charge >= 0.3 is 5.97 Å². The Morgan fingerprint density at radius 2 is 1.85 bits per heavy atom. The molecule has 0 fully saturated rings. The second-order valence-electron chi connectivity index (χ2n) is 9.18. The molecule has 0 amide bonds. The number of ether oxygens (including phenoxy) is 3. The Hall–Kier alpha value is -3.66. The summed E-state index contributed by atoms with van der Waals surface area (Å²) in [7, 11) is 1.59. The first-order chi connectivity index (χ1) is 19.8. The lowest BCUT2D eigenvalue weighted by Gasteiger charge is -2.24. The molecule has 0 radical (unpaired) electrons. The largest absolute Gasteiger partial charge is 0.497 e. The number of benzene rings is 3. The molecule has 1 atom stereocenters. The zero-order valence-electron chi connectivity index (χ0n) is 22.5. The van der Waals surface area contributed by atoms with Crippen molar-refractivity contribution >= 4 is 50.9 Å². The predicted molar refractivity (Wildman–Crippen MR) is 163 cm³/mol. The van der Waals surface area contributed by atoms with Crippen LogP contribution in [0.2, 0.25) is 5.02 Å². The summed E-state index contributed by atoms with van der Waals surface area (Å²) in [5.41, 5.74) is 3.16. The van der Waals surface area contributed by atoms with Crippen LogP contribution in [-0.4, -0.2) is 24.3 Å². The minimum absolute atomic E-state index is 0.212. The van der Waals surface area contributed by atoms with E-state index in [1.54, 1.807) is 37.7 Å². The summed E-state index contributed by atoms with van der Waals surface area (Å²) in [5, 5.41) is 0.673. The minimum Gasteiger partial charge on any atom is -0.497 e. The van der Waals surface area contributed by atoms with Gasteiger partial charge in [-0.05, 0) is 88.9 Å². The van der Waals surface area contributed by atoms with E-state index < -0.39 is 12.0 Å². The normalized spacial score (nSPS) is 14.9. The Kier molecular flexibility index (Phi) is 8.77. The monoisotopic (exact) mass is 652 g/mol. The van der Waals surface area contributed by atoms with Crippen molar-refractivity contribution in [1.29, 1.82) is 0 Å². The van der Waals surface area contributed by atoms with Crippen LogP contribution in [0, 0.1) is 0 Å². The number of thiazole rings is 1. The maximum atomic E-state index is 13.8. The van der Waals surface area contributed by atoms with Crippen LogP contribution < -0.4 is 24.4 Å². The number of carbonyl (C=O) groups is 1. The standard InChI is InChI=1S/C31H26BrClN2O5S/c1-4-39-30(37)27-18(2)34-31-35(28(27)21-8-12-23(38-3)13-9-21)29(36)26(41-31)16-20-7-14-25(24(32)15-20)40-17-19-5-10-22(33)11-6-19/h5-16,28H,4,17H2,1-3H3/b26-16-/t28-/m1/s1. The van der Waals surface area contributed by atoms with Crippen LogP contribution in [0.3, 0.4) is 0 Å². The maximum Gasteiger partial charge on any atom is 0.338 e. The summed E-state index contributed by atoms with van der Waals surface area (Å²) < 4.78 is 19.4. The fourth-order valence-corrected chi connectivity index (χ4v) is 6.19. The van der Waals surface area contributed by atoms with E-state index in [4.69, 9.17) is 25.8 Å². The van der Waals surface area contributed by atoms with Crippen LogP contribution in [0.15, 0.2) is 92.3 Å². The minimum atomic E-state index is -0.686. The molecule has 5 rings (SSSR count). The highest BCUT2D eigenvalue weighted by molar-refractivity contribution is 9.10. The number of halogens is 2. The summed E-state index contributed by atoms with van der Waals surface area (Å²) in [6, 6.07) is 19.7. The van der Waals surface area contributed by atoms with Crippen LogP contribution in [0.4, 0.5) is 0 Å². The first kappa shape index (κ1) is 28.9. The summed E-state index contributed by atoms with van der Waals surface area (Å²) in [6.07, 6.45) is 1.81. The number of esters is 1. The fourth-order valence-electron chi connectivity index (χ4n) is 4.51. The lowest BCUT2D eigenvalue weighted by molar-refractivity contribution is -0.139. The van der Waals surface area contributed by atoms with E-state index in [2.05, 4.69) is 20.9 Å². The van der Waals surface area contributed by atoms with Gasteiger partial charge in [0.05, 0.1) is 40.0 Å². The van der Waals surface area contributed by atoms with Crippen molar-refractivity contribution in [3.8, 4) is 11.5 Å². The second-order valence-corrected chi connectivity index (χ2v) is 11.5. The number of rotatable bonds is 8. The average Bonchev–Trinajstić information content (AvgIpc) is 3.26. The Morgan fingerprint density at radius 1 is 1.12 bits per heavy atom. The van der Waals surface area contributed by atoms with E-state index in [0.717, 1.165) is 21.2 Å². The van der Waals surface area contributed by atoms with Crippen molar-refractivity contribution in [3.05, 3.63) is 124 Å². The van der Waals surface area contributed by atoms with E-state index in [1.165, 1.54) is 11.3 Å². The summed E-state index contributed by atoms with van der Waals surface area (Å²) in [5.74, 6) is 0.848. The first-order valence-corrected chi connectivity index (χ1v) is 14.8. The van der Waals surface area contributed by atoms with Crippen molar-refractivity contribution in [2.75, 3.05) is 13.7 Å². The quantitative estimate of drug-likeness (QED) is 0.225. The Bertz CT molecular complexity index is 1810. The highest BCUT2D eigenvalue weighted by atomic mass is 79.9. The van der Waals surface area contributed by atoms with Gasteiger partial charge < -0.3 is 14.2 Å². The SMILES string of the molecule is CCOC(=O)C1=C(C)N=c2s/c(=C\c3ccc(OCc4ccc(Cl)cc4)c(Br)c3)c(=O)n2[C@@H]1c1ccc(OC)cc1. The van der Waals surface area contributed by atoms with E-state index in [0.29, 0.717) is 43.7 Å². The van der Waals surface area contributed by atoms with Crippen molar-refractivity contribution in [1.82, 2.24) is 4.57 Å². The molecule has 210 valence electrons. The van der Waals surface area contributed by atoms with Crippen LogP contribution in [0.1, 0.15) is 36.6 Å². The Morgan fingerprint density at radius 3 is 2.51 bits per heavy atom. The predicted octanol–water partition coefficient (Wildman–Crippen LogP) is 5.80. The molecule has 7 nitrogen and oxygen atoms in total. The fraction of sp³-hybridized carbons (Fsp3) is 0.194. The Labute approximate surface area is 254 Å². The molecular weight excluding hydrogens is 628 g/mol. The van der Waals surface area contributed by atoms with Crippen molar-refractivity contribution in [3.63, 3.8) is 0 Å². The number of hydrogen-bond acceptors (Lipinski definition) is 7. The smallest absolute Gasteiger partial charge is 0.338 e. The van der Waals surface area contributed by atoms with Gasteiger partial charge in [0.15, 0.2) is 4.80 Å². The molecule has 1 aliphatic heterocycles. The van der Waals surface area contributed by atoms with Crippen LogP contribution in [-0.2, 0) is 16.1 Å². The van der Waals surface area contributed by atoms with Gasteiger partial charge in [-0.1, -0.05) is 53.3 Å². The molecule has 0 unspecified atom stereocenters. The van der Waals surface area contributed by atoms with Crippen LogP contribution in [0.5, 0.6) is 11.5 Å². The molecule has 0 spiro atoms. The number of allylic oxidation sites excluding steroid dienone is 1. The third kappa shape index (κ3) is 6.17. The molecule has 1 aliphatic rings. The van der Waals surface area contributed by atoms with Gasteiger partial charge in [-0.15, -0.1) is 0 Å². The lowest BCUT2D eigenvalue weighted by atomic mass is 9.96. The lowest BCUT2D eigenvalue weighted by Crippen LogP contribution is -2.39. The summed E-state index contributed by atoms with van der Waals surface area (Å²) in [6.45, 7) is 4.11. The highest BCUT2D eigenvalue weighted by Gasteiger charge is 2.33. The first-order valence-electron chi connectivity index (χ1n) is 12.8. The van der Waals surface area contributed by atoms with Crippen LogP contribution >= 0.6 is 38.9 Å². The number of fused-ring (bicyclic) bond motifs is 1. The number of nitrogens with zero attached hydrogens (tertiary/aromatic N) is 2. The highest BCUT2D eigenvalue weighted by Crippen LogP contribution is 2.32. The second kappa shape index (κ2) is 12.5. The molecule has 0 saturated carbocycles. The third-order valence-corrected chi connectivity index (χ3v) is 8.36. The van der Waals surface area contributed by atoms with Gasteiger partial charge in [-0.2, -0.15) is 0 Å². The third-order valence-electron chi connectivity index (χ3n) is 6.51. The van der Waals surface area contributed by atoms with E-state index in [9.17, 15) is 9.59 Å². The van der Waals surface area contributed by atoms with Crippen LogP contribution in [0.25, 0.3) is 6.08 Å². The van der Waals surface area contributed by atoms with Gasteiger partial charge in [0.25, 0.3) is 5.56 Å². The maximum absolute atomic E-state index is 13.8. The summed E-state index contributed by atoms with van der Waals surface area (Å²) in [4.78, 5) is 32.0. The van der Waals surface area contributed by atoms with E-state index in [1.807, 2.05) is 60.7 Å². The van der Waals surface area contributed by atoms with Crippen molar-refractivity contribution in [2.45, 2.75) is 26.5 Å². The summed E-state index contributed by atoms with van der Waals surface area (Å²) >= 11 is 10.8. The molecule has 0 aliphatic carbocycles. The molecular formula is C31H26BrClN2O5S. The molecule has 10 heteroatoms. The molecule has 3 aromatic carbocycles. The van der Waals surface area contributed by atoms with Crippen molar-refractivity contribution in [2.24, 2.45) is 4.99 Å². The number of methoxy groups -OCH3 is 1. The molecule has 4 aromatic rings. The molecule has 0 N–H and O–H groups in total. The molecule has 2 heterocycles. The topological polar surface area (TPSA) is 79.1 Å². The molecule has 0 bridgehead atoms. The number of aromatic nitrogens is 1. The average molecular weight is 654 g/mol. The van der Waals surface area contributed by atoms with Crippen molar-refractivity contribution < 1.29 is 19.0 Å². The molecule has 0 saturated heterocycles. The Balaban J connectivity index is 1.51. The number of carbonyl (C=O) groups excluding carboxylic acids is 1. The molecule has 1 aromatic heterocycles. The van der Waals surface area contributed by atoms with Gasteiger partial charge in [0.1, 0.15) is 18.1 Å². The zero-order chi connectivity index (χ0) is 29.1. The molecule has 41 heavy (non-hydrogen) atoms. The van der Waals surface area contributed by atoms with E-state index in [-0.39, 0.29) is 12.2 Å². The van der Waals surface area contributed by atoms with Gasteiger partial charge in [0.2, 0.25) is 0 Å². The van der Waals surface area contributed by atoms with E-state index >= 15 is 0 Å². The zero-order valence-corrected chi connectivity index (χ0v) is 25.7. The van der Waals surface area contributed by atoms with Gasteiger partial charge in [0, 0.05) is 5.02 Å². The number of hydrogen-bond donors (Lipinski definition) is 0. The van der Waals surface area contributed by atoms with Gasteiger partial charge in [-0.25, -0.2) is 9.79 Å².